The van der Waals surface area contributed by atoms with E-state index in [0.29, 0.717) is 24.5 Å². The van der Waals surface area contributed by atoms with Crippen LogP contribution in [-0.2, 0) is 9.53 Å². The Bertz CT molecular complexity index is 501. The summed E-state index contributed by atoms with van der Waals surface area (Å²) in [7, 11) is 1.61. The average molecular weight is 295 g/mol. The van der Waals surface area contributed by atoms with Gasteiger partial charge in [0.1, 0.15) is 5.75 Å². The highest BCUT2D eigenvalue weighted by molar-refractivity contribution is 5.88. The van der Waals surface area contributed by atoms with E-state index in [9.17, 15) is 9.59 Å². The van der Waals surface area contributed by atoms with Gasteiger partial charge < -0.3 is 19.9 Å². The third-order valence-corrected chi connectivity index (χ3v) is 2.92. The van der Waals surface area contributed by atoms with E-state index in [-0.39, 0.29) is 11.5 Å². The molecule has 21 heavy (non-hydrogen) atoms. The monoisotopic (exact) mass is 295 g/mol. The van der Waals surface area contributed by atoms with Crippen molar-refractivity contribution < 1.29 is 24.2 Å². The molecule has 1 atom stereocenters. The molecule has 0 saturated heterocycles. The fourth-order valence-electron chi connectivity index (χ4n) is 1.73. The van der Waals surface area contributed by atoms with Crippen LogP contribution in [0.3, 0.4) is 0 Å². The van der Waals surface area contributed by atoms with Crippen molar-refractivity contribution in [3.05, 3.63) is 29.3 Å². The highest BCUT2D eigenvalue weighted by atomic mass is 16.5. The van der Waals surface area contributed by atoms with Crippen LogP contribution < -0.4 is 10.1 Å². The van der Waals surface area contributed by atoms with Crippen molar-refractivity contribution in [2.75, 3.05) is 20.3 Å². The smallest absolute Gasteiger partial charge is 0.335 e. The summed E-state index contributed by atoms with van der Waals surface area (Å²) in [4.78, 5) is 22.7. The standard InChI is InChI=1S/C15H21NO5/c1-10-9-12(15(18)19)5-6-13(10)21-11(2)14(17)16-7-4-8-20-3/h5-6,9,11H,4,7-8H2,1-3H3,(H,16,17)(H,18,19). The van der Waals surface area contributed by atoms with E-state index in [1.165, 1.54) is 12.1 Å². The molecule has 0 fully saturated rings. The number of carbonyl (C=O) groups excluding carboxylic acids is 1. The quantitative estimate of drug-likeness (QED) is 0.712. The number of rotatable bonds is 8. The summed E-state index contributed by atoms with van der Waals surface area (Å²) in [6, 6.07) is 4.53. The Kier molecular flexibility index (Phi) is 6.68. The highest BCUT2D eigenvalue weighted by Gasteiger charge is 2.15. The van der Waals surface area contributed by atoms with Crippen LogP contribution in [0.5, 0.6) is 5.75 Å². The van der Waals surface area contributed by atoms with Crippen molar-refractivity contribution in [3.8, 4) is 5.75 Å². The van der Waals surface area contributed by atoms with E-state index in [0.717, 1.165) is 6.42 Å². The number of aromatic carboxylic acids is 1. The van der Waals surface area contributed by atoms with E-state index < -0.39 is 12.1 Å². The lowest BCUT2D eigenvalue weighted by molar-refractivity contribution is -0.127. The second kappa shape index (κ2) is 8.26. The Labute approximate surface area is 124 Å². The summed E-state index contributed by atoms with van der Waals surface area (Å²) >= 11 is 0. The maximum Gasteiger partial charge on any atom is 0.335 e. The first kappa shape index (κ1) is 17.0. The minimum atomic E-state index is -0.992. The van der Waals surface area contributed by atoms with Gasteiger partial charge >= 0.3 is 5.97 Å². The largest absolute Gasteiger partial charge is 0.481 e. The molecular formula is C15H21NO5. The van der Waals surface area contributed by atoms with Gasteiger partial charge in [-0.1, -0.05) is 0 Å². The summed E-state index contributed by atoms with van der Waals surface area (Å²) in [6.07, 6.45) is 0.0864. The maximum absolute atomic E-state index is 11.8. The Hall–Kier alpha value is -2.08. The van der Waals surface area contributed by atoms with Crippen molar-refractivity contribution in [3.63, 3.8) is 0 Å². The summed E-state index contributed by atoms with van der Waals surface area (Å²) in [6.45, 7) is 4.50. The van der Waals surface area contributed by atoms with Crippen molar-refractivity contribution in [1.29, 1.82) is 0 Å². The summed E-state index contributed by atoms with van der Waals surface area (Å²) in [5.41, 5.74) is 0.866. The van der Waals surface area contributed by atoms with Gasteiger partial charge in [-0.05, 0) is 44.0 Å². The number of amides is 1. The molecule has 0 aliphatic heterocycles. The van der Waals surface area contributed by atoms with Gasteiger partial charge in [-0.25, -0.2) is 4.79 Å². The predicted molar refractivity (Wildman–Crippen MR) is 77.7 cm³/mol. The van der Waals surface area contributed by atoms with Gasteiger partial charge in [-0.15, -0.1) is 0 Å². The summed E-state index contributed by atoms with van der Waals surface area (Å²) in [5, 5.41) is 11.6. The maximum atomic E-state index is 11.8. The van der Waals surface area contributed by atoms with E-state index in [4.69, 9.17) is 14.6 Å². The predicted octanol–water partition coefficient (Wildman–Crippen LogP) is 1.61. The molecule has 1 rings (SSSR count). The van der Waals surface area contributed by atoms with Gasteiger partial charge in [-0.3, -0.25) is 4.79 Å². The Morgan fingerprint density at radius 3 is 2.67 bits per heavy atom. The lowest BCUT2D eigenvalue weighted by atomic mass is 10.1. The van der Waals surface area contributed by atoms with E-state index in [2.05, 4.69) is 5.32 Å². The van der Waals surface area contributed by atoms with Crippen LogP contribution in [-0.4, -0.2) is 43.3 Å². The molecule has 116 valence electrons. The number of methoxy groups -OCH3 is 1. The van der Waals surface area contributed by atoms with Crippen LogP contribution in [0.2, 0.25) is 0 Å². The molecule has 0 aliphatic carbocycles. The van der Waals surface area contributed by atoms with Crippen LogP contribution in [0.1, 0.15) is 29.3 Å². The second-order valence-electron chi connectivity index (χ2n) is 4.68. The first-order valence-corrected chi connectivity index (χ1v) is 6.73. The van der Waals surface area contributed by atoms with Crippen LogP contribution in [0.4, 0.5) is 0 Å². The number of carboxylic acid groups (broad SMARTS) is 1. The molecule has 0 aliphatic rings. The van der Waals surface area contributed by atoms with Gasteiger partial charge in [0.2, 0.25) is 0 Å². The van der Waals surface area contributed by atoms with Crippen molar-refractivity contribution in [2.45, 2.75) is 26.4 Å². The molecule has 2 N–H and O–H groups in total. The van der Waals surface area contributed by atoms with Crippen LogP contribution in [0, 0.1) is 6.92 Å². The average Bonchev–Trinajstić information content (AvgIpc) is 2.45. The number of carboxylic acids is 1. The Balaban J connectivity index is 2.56. The summed E-state index contributed by atoms with van der Waals surface area (Å²) in [5.74, 6) is -0.707. The molecule has 6 heteroatoms. The van der Waals surface area contributed by atoms with Gasteiger partial charge in [0.05, 0.1) is 5.56 Å². The zero-order valence-electron chi connectivity index (χ0n) is 12.5. The molecule has 0 heterocycles. The minimum Gasteiger partial charge on any atom is -0.481 e. The molecule has 0 aromatic heterocycles. The lowest BCUT2D eigenvalue weighted by Crippen LogP contribution is -2.37. The molecule has 0 radical (unpaired) electrons. The molecule has 6 nitrogen and oxygen atoms in total. The number of carbonyl (C=O) groups is 2. The zero-order valence-corrected chi connectivity index (χ0v) is 12.5. The normalized spacial score (nSPS) is 11.8. The molecule has 1 aromatic rings. The molecular weight excluding hydrogens is 274 g/mol. The van der Waals surface area contributed by atoms with Crippen molar-refractivity contribution in [2.24, 2.45) is 0 Å². The topological polar surface area (TPSA) is 84.9 Å². The van der Waals surface area contributed by atoms with Gasteiger partial charge in [0.15, 0.2) is 6.10 Å². The van der Waals surface area contributed by atoms with Crippen molar-refractivity contribution >= 4 is 11.9 Å². The van der Waals surface area contributed by atoms with Gasteiger partial charge in [0.25, 0.3) is 5.91 Å². The number of aryl methyl sites for hydroxylation is 1. The van der Waals surface area contributed by atoms with Gasteiger partial charge in [0, 0.05) is 20.3 Å². The number of hydrogen-bond acceptors (Lipinski definition) is 4. The van der Waals surface area contributed by atoms with Crippen LogP contribution >= 0.6 is 0 Å². The molecule has 0 saturated carbocycles. The molecule has 0 spiro atoms. The first-order valence-electron chi connectivity index (χ1n) is 6.73. The third-order valence-electron chi connectivity index (χ3n) is 2.92. The molecule has 1 unspecified atom stereocenters. The van der Waals surface area contributed by atoms with E-state index in [1.807, 2.05) is 0 Å². The fourth-order valence-corrected chi connectivity index (χ4v) is 1.73. The number of hydrogen-bond donors (Lipinski definition) is 2. The van der Waals surface area contributed by atoms with E-state index in [1.54, 1.807) is 27.0 Å². The second-order valence-corrected chi connectivity index (χ2v) is 4.68. The summed E-state index contributed by atoms with van der Waals surface area (Å²) < 4.78 is 10.5. The third kappa shape index (κ3) is 5.43. The Morgan fingerprint density at radius 2 is 2.10 bits per heavy atom. The fraction of sp³-hybridized carbons (Fsp3) is 0.467. The minimum absolute atomic E-state index is 0.191. The van der Waals surface area contributed by atoms with Crippen LogP contribution in [0.15, 0.2) is 18.2 Å². The first-order chi connectivity index (χ1) is 9.95. The number of nitrogens with one attached hydrogen (secondary N) is 1. The van der Waals surface area contributed by atoms with Crippen LogP contribution in [0.25, 0.3) is 0 Å². The molecule has 1 aromatic carbocycles. The van der Waals surface area contributed by atoms with E-state index >= 15 is 0 Å². The highest BCUT2D eigenvalue weighted by Crippen LogP contribution is 2.20. The lowest BCUT2D eigenvalue weighted by Gasteiger charge is -2.16. The number of benzene rings is 1. The zero-order chi connectivity index (χ0) is 15.8. The van der Waals surface area contributed by atoms with Crippen molar-refractivity contribution in [1.82, 2.24) is 5.32 Å². The molecule has 0 bridgehead atoms. The number of ether oxygens (including phenoxy) is 2. The SMILES string of the molecule is COCCCNC(=O)C(C)Oc1ccc(C(=O)O)cc1C. The Morgan fingerprint density at radius 1 is 1.38 bits per heavy atom. The molecule has 1 amide bonds. The van der Waals surface area contributed by atoms with Gasteiger partial charge in [-0.2, -0.15) is 0 Å².